The second kappa shape index (κ2) is 10.3. The van der Waals surface area contributed by atoms with Gasteiger partial charge < -0.3 is 8.83 Å². The predicted octanol–water partition coefficient (Wildman–Crippen LogP) is 12.1. The van der Waals surface area contributed by atoms with Crippen LogP contribution in [0.5, 0.6) is 0 Å². The average molecular weight is 640 g/mol. The molecule has 5 nitrogen and oxygen atoms in total. The third kappa shape index (κ3) is 3.98. The predicted molar refractivity (Wildman–Crippen MR) is 203 cm³/mol. The molecule has 0 fully saturated rings. The van der Waals surface area contributed by atoms with Crippen LogP contribution in [-0.2, 0) is 0 Å². The molecule has 50 heavy (non-hydrogen) atoms. The van der Waals surface area contributed by atoms with E-state index < -0.39 is 0 Å². The molecule has 0 amide bonds. The van der Waals surface area contributed by atoms with E-state index in [1.807, 2.05) is 66.7 Å². The van der Waals surface area contributed by atoms with Gasteiger partial charge in [-0.05, 0) is 57.3 Å². The number of nitrogens with zero attached hydrogens (tertiary/aromatic N) is 3. The zero-order chi connectivity index (χ0) is 32.8. The minimum absolute atomic E-state index is 0.593. The first-order valence-corrected chi connectivity index (χ1v) is 16.7. The van der Waals surface area contributed by atoms with Gasteiger partial charge >= 0.3 is 0 Å². The number of furan rings is 2. The van der Waals surface area contributed by atoms with Gasteiger partial charge in [0.25, 0.3) is 0 Å². The Hall–Kier alpha value is -6.85. The monoisotopic (exact) mass is 639 g/mol. The minimum atomic E-state index is 0.593. The molecule has 0 bridgehead atoms. The molecule has 0 saturated heterocycles. The maximum absolute atomic E-state index is 6.47. The number of para-hydroxylation sites is 2. The molecule has 0 aliphatic rings. The summed E-state index contributed by atoms with van der Waals surface area (Å²) < 4.78 is 12.7. The summed E-state index contributed by atoms with van der Waals surface area (Å²) in [6.07, 6.45) is 0. The number of hydrogen-bond donors (Lipinski definition) is 0. The van der Waals surface area contributed by atoms with E-state index >= 15 is 0 Å². The van der Waals surface area contributed by atoms with Crippen LogP contribution < -0.4 is 0 Å². The van der Waals surface area contributed by atoms with Gasteiger partial charge in [-0.25, -0.2) is 15.0 Å². The highest BCUT2D eigenvalue weighted by molar-refractivity contribution is 6.34. The lowest BCUT2D eigenvalue weighted by Crippen LogP contribution is -2.00. The van der Waals surface area contributed by atoms with Gasteiger partial charge in [0.15, 0.2) is 17.5 Å². The van der Waals surface area contributed by atoms with E-state index in [2.05, 4.69) is 84.9 Å². The van der Waals surface area contributed by atoms with Crippen molar-refractivity contribution in [3.05, 3.63) is 152 Å². The zero-order valence-electron chi connectivity index (χ0n) is 26.6. The fourth-order valence-electron chi connectivity index (χ4n) is 7.58. The third-order valence-corrected chi connectivity index (χ3v) is 9.89. The Morgan fingerprint density at radius 3 is 1.66 bits per heavy atom. The molecule has 0 unspecified atom stereocenters. The normalized spacial score (nSPS) is 12.0. The molecule has 0 saturated carbocycles. The fourth-order valence-corrected chi connectivity index (χ4v) is 7.58. The zero-order valence-corrected chi connectivity index (χ0v) is 26.6. The average Bonchev–Trinajstić information content (AvgIpc) is 3.76. The van der Waals surface area contributed by atoms with Gasteiger partial charge in [-0.15, -0.1) is 0 Å². The van der Waals surface area contributed by atoms with E-state index in [0.29, 0.717) is 17.5 Å². The van der Waals surface area contributed by atoms with Crippen molar-refractivity contribution >= 4 is 76.2 Å². The fraction of sp³-hybridized carbons (Fsp3) is 0. The largest absolute Gasteiger partial charge is 0.456 e. The number of rotatable bonds is 3. The highest BCUT2D eigenvalue weighted by Gasteiger charge is 2.19. The summed E-state index contributed by atoms with van der Waals surface area (Å²) in [4.78, 5) is 15.1. The Kier molecular flexibility index (Phi) is 5.60. The number of aromatic nitrogens is 3. The summed E-state index contributed by atoms with van der Waals surface area (Å²) in [5.41, 5.74) is 6.20. The van der Waals surface area contributed by atoms with E-state index in [1.54, 1.807) is 0 Å². The van der Waals surface area contributed by atoms with Gasteiger partial charge in [0.05, 0.1) is 0 Å². The molecule has 232 valence electrons. The van der Waals surface area contributed by atoms with Crippen molar-refractivity contribution in [1.29, 1.82) is 0 Å². The standard InChI is InChI=1S/C45H25N3O2/c1-2-10-26(11-3-1)43-46-44(48-45(47-43)29-20-22-32-31-12-6-8-16-37(31)49-39(32)25-29)28-19-21-30-27(24-28)18-23-36-40(30)33-13-4-5-14-34(33)42-41(36)35-15-7-9-17-38(35)50-42/h1-25H. The Morgan fingerprint density at radius 1 is 0.320 bits per heavy atom. The lowest BCUT2D eigenvalue weighted by molar-refractivity contribution is 0.669. The van der Waals surface area contributed by atoms with Gasteiger partial charge in [0.1, 0.15) is 22.3 Å². The maximum atomic E-state index is 6.47. The van der Waals surface area contributed by atoms with Gasteiger partial charge in [-0.1, -0.05) is 121 Å². The van der Waals surface area contributed by atoms with E-state index in [9.17, 15) is 0 Å². The second-order valence-corrected chi connectivity index (χ2v) is 12.8. The molecule has 8 aromatic carbocycles. The lowest BCUT2D eigenvalue weighted by atomic mass is 9.92. The third-order valence-electron chi connectivity index (χ3n) is 9.89. The van der Waals surface area contributed by atoms with Crippen molar-refractivity contribution in [2.45, 2.75) is 0 Å². The molecule has 0 spiro atoms. The minimum Gasteiger partial charge on any atom is -0.456 e. The maximum Gasteiger partial charge on any atom is 0.164 e. The van der Waals surface area contributed by atoms with Crippen LogP contribution in [0.1, 0.15) is 0 Å². The van der Waals surface area contributed by atoms with Gasteiger partial charge in [0, 0.05) is 43.6 Å². The van der Waals surface area contributed by atoms with Crippen LogP contribution >= 0.6 is 0 Å². The molecule has 11 rings (SSSR count). The summed E-state index contributed by atoms with van der Waals surface area (Å²) in [5, 5.41) is 11.4. The molecule has 11 aromatic rings. The summed E-state index contributed by atoms with van der Waals surface area (Å²) in [7, 11) is 0. The molecule has 0 N–H and O–H groups in total. The number of hydrogen-bond acceptors (Lipinski definition) is 5. The molecule has 0 radical (unpaired) electrons. The van der Waals surface area contributed by atoms with Crippen molar-refractivity contribution in [2.24, 2.45) is 0 Å². The van der Waals surface area contributed by atoms with Crippen molar-refractivity contribution < 1.29 is 8.83 Å². The van der Waals surface area contributed by atoms with Crippen molar-refractivity contribution in [2.75, 3.05) is 0 Å². The summed E-state index contributed by atoms with van der Waals surface area (Å²) in [6.45, 7) is 0. The molecule has 0 aliphatic carbocycles. The van der Waals surface area contributed by atoms with Crippen LogP contribution in [-0.4, -0.2) is 15.0 Å². The smallest absolute Gasteiger partial charge is 0.164 e. The number of benzene rings is 8. The number of fused-ring (bicyclic) bond motifs is 13. The first kappa shape index (κ1) is 27.1. The first-order valence-electron chi connectivity index (χ1n) is 16.7. The molecule has 3 heterocycles. The van der Waals surface area contributed by atoms with Gasteiger partial charge in [0.2, 0.25) is 0 Å². The van der Waals surface area contributed by atoms with Gasteiger partial charge in [-0.3, -0.25) is 0 Å². The molecule has 0 atom stereocenters. The quantitative estimate of drug-likeness (QED) is 0.180. The van der Waals surface area contributed by atoms with Crippen LogP contribution in [0.25, 0.3) is 110 Å². The first-order chi connectivity index (χ1) is 24.8. The van der Waals surface area contributed by atoms with Crippen LogP contribution in [0.3, 0.4) is 0 Å². The van der Waals surface area contributed by atoms with Crippen molar-refractivity contribution in [3.8, 4) is 34.2 Å². The van der Waals surface area contributed by atoms with E-state index in [-0.39, 0.29) is 0 Å². The Balaban J connectivity index is 1.13. The van der Waals surface area contributed by atoms with Crippen LogP contribution in [0, 0.1) is 0 Å². The van der Waals surface area contributed by atoms with Gasteiger partial charge in [-0.2, -0.15) is 0 Å². The highest BCUT2D eigenvalue weighted by Crippen LogP contribution is 2.43. The molecule has 5 heteroatoms. The topological polar surface area (TPSA) is 65.0 Å². The Bertz CT molecular complexity index is 3160. The van der Waals surface area contributed by atoms with E-state index in [1.165, 1.54) is 21.5 Å². The second-order valence-electron chi connectivity index (χ2n) is 12.8. The molecule has 0 aliphatic heterocycles. The Labute approximate surface area is 285 Å². The molecular weight excluding hydrogens is 615 g/mol. The summed E-state index contributed by atoms with van der Waals surface area (Å²) in [5.74, 6) is 1.82. The molecular formula is C45H25N3O2. The van der Waals surface area contributed by atoms with Crippen LogP contribution in [0.15, 0.2) is 160 Å². The Morgan fingerprint density at radius 2 is 0.880 bits per heavy atom. The van der Waals surface area contributed by atoms with Crippen molar-refractivity contribution in [3.63, 3.8) is 0 Å². The van der Waals surface area contributed by atoms with Crippen LogP contribution in [0.2, 0.25) is 0 Å². The SMILES string of the molecule is c1ccc(-c2nc(-c3ccc4c(ccc5c4c4ccccc4c4oc6ccccc6c54)c3)nc(-c3ccc4c(c3)oc3ccccc34)n2)cc1. The summed E-state index contributed by atoms with van der Waals surface area (Å²) in [6, 6.07) is 52.2. The molecule has 3 aromatic heterocycles. The van der Waals surface area contributed by atoms with Crippen molar-refractivity contribution in [1.82, 2.24) is 15.0 Å². The van der Waals surface area contributed by atoms with E-state index in [4.69, 9.17) is 23.8 Å². The van der Waals surface area contributed by atoms with Crippen LogP contribution in [0.4, 0.5) is 0 Å². The van der Waals surface area contributed by atoms with E-state index in [0.717, 1.165) is 71.3 Å². The lowest BCUT2D eigenvalue weighted by Gasteiger charge is -2.12. The highest BCUT2D eigenvalue weighted by atomic mass is 16.3. The summed E-state index contributed by atoms with van der Waals surface area (Å²) >= 11 is 0.